The topological polar surface area (TPSA) is 70.1 Å². The van der Waals surface area contributed by atoms with E-state index in [0.717, 1.165) is 24.9 Å². The molecular formula is C32H35BrFIN2O4Si. The molecule has 6 nitrogen and oxygen atoms in total. The van der Waals surface area contributed by atoms with Crippen molar-refractivity contribution in [1.29, 1.82) is 0 Å². The molecule has 222 valence electrons. The number of halogens is 3. The van der Waals surface area contributed by atoms with E-state index in [-0.39, 0.29) is 31.4 Å². The zero-order chi connectivity index (χ0) is 30.2. The largest absolute Gasteiger partial charge is 0.395 e. The molecule has 0 bridgehead atoms. The number of amides is 2. The van der Waals surface area contributed by atoms with Crippen LogP contribution in [0.15, 0.2) is 77.3 Å². The fourth-order valence-electron chi connectivity index (χ4n) is 6.67. The smallest absolute Gasteiger partial charge is 0.264 e. The second-order valence-electron chi connectivity index (χ2n) is 11.7. The van der Waals surface area contributed by atoms with Gasteiger partial charge in [-0.3, -0.25) is 9.59 Å². The lowest BCUT2D eigenvalue weighted by molar-refractivity contribution is -0.150. The van der Waals surface area contributed by atoms with Crippen LogP contribution in [-0.2, 0) is 33.0 Å². The van der Waals surface area contributed by atoms with Crippen LogP contribution in [0.2, 0.25) is 18.6 Å². The lowest BCUT2D eigenvalue weighted by Gasteiger charge is -2.31. The third kappa shape index (κ3) is 5.97. The summed E-state index contributed by atoms with van der Waals surface area (Å²) in [5, 5.41) is 9.72. The number of fused-ring (bicyclic) bond motifs is 2. The van der Waals surface area contributed by atoms with Gasteiger partial charge >= 0.3 is 0 Å². The predicted octanol–water partition coefficient (Wildman–Crippen LogP) is 6.79. The summed E-state index contributed by atoms with van der Waals surface area (Å²) < 4.78 is 24.9. The second-order valence-corrected chi connectivity index (χ2v) is 17.6. The number of hydrogen-bond donors (Lipinski definition) is 1. The quantitative estimate of drug-likeness (QED) is 0.148. The standard InChI is InChI=1S/C32H35BrFIN2O4Si/c1-21-30(42(2,3)34)28(18-29(39)36(15-16-38)19-22-7-5-4-6-8-22)41-32(21)26-17-24(33)11-14-27(26)37(31(32)40)20-23-9-12-25(35)13-10-23/h4-14,17,21,28,30,38H,15-16,18-20H2,1-3H3/t21-,28+,30-,32+/m1/s1. The zero-order valence-electron chi connectivity index (χ0n) is 23.9. The van der Waals surface area contributed by atoms with E-state index in [1.165, 1.54) is 0 Å². The Morgan fingerprint density at radius 2 is 1.81 bits per heavy atom. The highest BCUT2D eigenvalue weighted by atomic mass is 127. The number of rotatable bonds is 9. The molecule has 0 unspecified atom stereocenters. The van der Waals surface area contributed by atoms with Crippen molar-refractivity contribution in [2.75, 3.05) is 18.1 Å². The number of anilines is 1. The maximum atomic E-state index is 16.2. The molecule has 1 fully saturated rings. The summed E-state index contributed by atoms with van der Waals surface area (Å²) >= 11 is 5.82. The molecule has 10 heteroatoms. The third-order valence-electron chi connectivity index (χ3n) is 8.49. The van der Waals surface area contributed by atoms with Gasteiger partial charge in [0.1, 0.15) is 0 Å². The van der Waals surface area contributed by atoms with Gasteiger partial charge in [-0.05, 0) is 77.1 Å². The van der Waals surface area contributed by atoms with Crippen molar-refractivity contribution in [2.45, 2.75) is 56.8 Å². The molecule has 1 spiro atoms. The lowest BCUT2D eigenvalue weighted by atomic mass is 9.82. The van der Waals surface area contributed by atoms with Crippen LogP contribution in [0.25, 0.3) is 0 Å². The molecule has 0 saturated carbocycles. The Labute approximate surface area is 269 Å². The molecule has 42 heavy (non-hydrogen) atoms. The van der Waals surface area contributed by atoms with Gasteiger partial charge in [0, 0.05) is 38.2 Å². The fraction of sp³-hybridized carbons (Fsp3) is 0.375. The second kappa shape index (κ2) is 12.5. The molecule has 5 rings (SSSR count). The van der Waals surface area contributed by atoms with Crippen molar-refractivity contribution in [3.63, 3.8) is 0 Å². The van der Waals surface area contributed by atoms with Crippen LogP contribution in [0, 0.1) is 9.49 Å². The number of carbonyl (C=O) groups excluding carboxylic acids is 2. The van der Waals surface area contributed by atoms with E-state index in [1.807, 2.05) is 79.7 Å². The van der Waals surface area contributed by atoms with Crippen LogP contribution >= 0.6 is 38.5 Å². The fourth-order valence-corrected chi connectivity index (χ4v) is 9.88. The predicted molar refractivity (Wildman–Crippen MR) is 176 cm³/mol. The maximum absolute atomic E-state index is 16.2. The number of aliphatic hydroxyl groups excluding tert-OH is 1. The molecule has 2 aliphatic heterocycles. The van der Waals surface area contributed by atoms with Crippen LogP contribution in [-0.4, -0.2) is 49.5 Å². The molecule has 1 N–H and O–H groups in total. The van der Waals surface area contributed by atoms with E-state index in [4.69, 9.17) is 4.74 Å². The van der Waals surface area contributed by atoms with Gasteiger partial charge in [-0.1, -0.05) is 65.3 Å². The minimum Gasteiger partial charge on any atom is -0.395 e. The average molecular weight is 766 g/mol. The summed E-state index contributed by atoms with van der Waals surface area (Å²) in [6, 6.07) is 23.3. The molecule has 1 saturated heterocycles. The molecule has 3 aromatic carbocycles. The zero-order valence-corrected chi connectivity index (χ0v) is 28.6. The van der Waals surface area contributed by atoms with Crippen molar-refractivity contribution < 1.29 is 23.5 Å². The summed E-state index contributed by atoms with van der Waals surface area (Å²) in [5.74, 6) is -0.956. The molecule has 2 aliphatic rings. The van der Waals surface area contributed by atoms with Crippen LogP contribution in [0.3, 0.4) is 0 Å². The van der Waals surface area contributed by atoms with Crippen molar-refractivity contribution >= 4 is 64.4 Å². The Hall–Kier alpha value is -2.12. The Morgan fingerprint density at radius 1 is 1.12 bits per heavy atom. The molecule has 2 heterocycles. The summed E-state index contributed by atoms with van der Waals surface area (Å²) in [6.45, 7) is 5.81. The van der Waals surface area contributed by atoms with Crippen molar-refractivity contribution in [1.82, 2.24) is 4.90 Å². The molecule has 0 aromatic heterocycles. The summed E-state index contributed by atoms with van der Waals surface area (Å²) in [6.07, 6.45) is -0.859. The van der Waals surface area contributed by atoms with Gasteiger partial charge in [-0.15, -0.1) is 0 Å². The minimum absolute atomic E-state index is 0.0717. The number of ether oxygens (including phenoxy) is 1. The van der Waals surface area contributed by atoms with Gasteiger partial charge in [0.2, 0.25) is 14.3 Å². The lowest BCUT2D eigenvalue weighted by Crippen LogP contribution is -2.45. The van der Waals surface area contributed by atoms with Gasteiger partial charge in [0.05, 0.1) is 31.4 Å². The van der Waals surface area contributed by atoms with E-state index in [1.54, 1.807) is 22.9 Å². The first kappa shape index (κ1) is 31.3. The van der Waals surface area contributed by atoms with Gasteiger partial charge in [-0.25, -0.2) is 0 Å². The molecule has 3 aromatic rings. The first-order valence-electron chi connectivity index (χ1n) is 14.1. The van der Waals surface area contributed by atoms with Gasteiger partial charge in [0.15, 0.2) is 5.60 Å². The van der Waals surface area contributed by atoms with Gasteiger partial charge < -0.3 is 23.8 Å². The molecule has 0 aliphatic carbocycles. The van der Waals surface area contributed by atoms with E-state index in [2.05, 4.69) is 38.5 Å². The number of carbonyl (C=O) groups is 2. The number of hydrogen-bond acceptors (Lipinski definition) is 4. The molecule has 0 radical (unpaired) electrons. The van der Waals surface area contributed by atoms with Gasteiger partial charge in [0.25, 0.3) is 5.91 Å². The molecular weight excluding hydrogens is 730 g/mol. The van der Waals surface area contributed by atoms with Crippen LogP contribution in [0.5, 0.6) is 0 Å². The Morgan fingerprint density at radius 3 is 2.45 bits per heavy atom. The van der Waals surface area contributed by atoms with Gasteiger partial charge in [-0.2, -0.15) is 0 Å². The summed E-state index contributed by atoms with van der Waals surface area (Å²) in [4.78, 5) is 31.5. The van der Waals surface area contributed by atoms with E-state index < -0.39 is 31.6 Å². The Balaban J connectivity index is 1.50. The summed E-state index contributed by atoms with van der Waals surface area (Å²) in [5.41, 5.74) is 1.35. The monoisotopic (exact) mass is 764 g/mol. The van der Waals surface area contributed by atoms with E-state index >= 15 is 4.11 Å². The summed E-state index contributed by atoms with van der Waals surface area (Å²) in [7, 11) is -3.43. The number of benzene rings is 3. The Bertz CT molecular complexity index is 1460. The highest BCUT2D eigenvalue weighted by Gasteiger charge is 2.67. The Kier molecular flexibility index (Phi) is 9.30. The minimum atomic E-state index is -3.43. The van der Waals surface area contributed by atoms with Crippen LogP contribution < -0.4 is 4.90 Å². The van der Waals surface area contributed by atoms with Crippen molar-refractivity contribution in [3.05, 3.63) is 97.5 Å². The van der Waals surface area contributed by atoms with Crippen molar-refractivity contribution in [2.24, 2.45) is 5.92 Å². The molecule has 4 atom stereocenters. The highest BCUT2D eigenvalue weighted by Crippen LogP contribution is 2.60. The van der Waals surface area contributed by atoms with Crippen molar-refractivity contribution in [3.8, 4) is 0 Å². The van der Waals surface area contributed by atoms with Crippen LogP contribution in [0.1, 0.15) is 30.0 Å². The van der Waals surface area contributed by atoms with E-state index in [9.17, 15) is 14.7 Å². The third-order valence-corrected chi connectivity index (χ3v) is 12.2. The van der Waals surface area contributed by atoms with Crippen LogP contribution in [0.4, 0.5) is 9.80 Å². The first-order chi connectivity index (χ1) is 20.0. The average Bonchev–Trinajstić information content (AvgIpc) is 3.36. The number of nitrogens with zero attached hydrogens (tertiary/aromatic N) is 2. The highest BCUT2D eigenvalue weighted by molar-refractivity contribution is 14.1. The van der Waals surface area contributed by atoms with E-state index in [0.29, 0.717) is 18.7 Å². The first-order valence-corrected chi connectivity index (χ1v) is 18.9. The SMILES string of the molecule is C[C@@H]1[C@@H]([Si](C)(C)F)[C@H](CC(=O)N(CCO)Cc2ccccc2)O[C@@]12C(=O)N(Cc1ccc(I)cc1)c1ccc(Br)cc12. The maximum Gasteiger partial charge on any atom is 0.264 e. The number of aliphatic hydroxyl groups is 1. The molecule has 2 amide bonds. The normalized spacial score (nSPS) is 23.5.